The Kier molecular flexibility index (Phi) is 925. The summed E-state index contributed by atoms with van der Waals surface area (Å²) in [4.78, 5) is 0. The van der Waals surface area contributed by atoms with Crippen molar-refractivity contribution in [2.24, 2.45) is 0 Å². The van der Waals surface area contributed by atoms with Crippen LogP contribution in [0.5, 0.6) is 0 Å². The maximum Gasteiger partial charge on any atom is 6.00 e. The molecule has 0 saturated heterocycles. The first-order chi connectivity index (χ1) is 0. The van der Waals surface area contributed by atoms with Crippen LogP contribution in [-0.4, -0.2) is 0 Å². The molecule has 0 spiro atoms. The molecule has 0 aliphatic heterocycles. The molecule has 0 aliphatic carbocycles. The van der Waals surface area contributed by atoms with Gasteiger partial charge in [0.15, 0.2) is 0 Å². The van der Waals surface area contributed by atoms with Gasteiger partial charge >= 0.3 is 70.9 Å². The van der Waals surface area contributed by atoms with E-state index in [2.05, 4.69) is 0 Å². The Morgan fingerprint density at radius 1 is 0.500 bits per heavy atom. The van der Waals surface area contributed by atoms with Crippen molar-refractivity contribution >= 4 is 0 Å². The molecule has 0 atom stereocenters. The van der Waals surface area contributed by atoms with Crippen LogP contribution in [0.2, 0.25) is 0 Å². The van der Waals surface area contributed by atoms with Gasteiger partial charge < -0.3 is 21.9 Å². The van der Waals surface area contributed by atoms with Crippen molar-refractivity contribution in [3.63, 3.8) is 0 Å². The predicted molar refractivity (Wildman–Crippen MR) is 2.75 cm³/mol. The molecule has 0 heterocycles. The summed E-state index contributed by atoms with van der Waals surface area (Å²) in [5, 5.41) is 0. The SMILES string of the molecule is [K+].[O-2].[O-2].[O-2].[O-2].[Ru+6]. The number of hydrogen-bond donors (Lipinski definition) is 0. The Morgan fingerprint density at radius 2 is 0.500 bits per heavy atom. The zero-order valence-corrected chi connectivity index (χ0v) is 7.85. The fourth-order valence-electron chi connectivity index (χ4n) is 0. The summed E-state index contributed by atoms with van der Waals surface area (Å²) < 4.78 is 0. The molecule has 6 heteroatoms. The molecular formula is KO4Ru-. The molecule has 0 radical (unpaired) electrons. The molecule has 0 aromatic heterocycles. The van der Waals surface area contributed by atoms with Crippen molar-refractivity contribution in [2.45, 2.75) is 0 Å². The molecule has 0 bridgehead atoms. The fraction of sp³-hybridized carbons (Fsp3) is 0. The molecule has 0 unspecified atom stereocenters. The van der Waals surface area contributed by atoms with Gasteiger partial charge in [-0.1, -0.05) is 0 Å². The van der Waals surface area contributed by atoms with Gasteiger partial charge in [-0.2, -0.15) is 0 Å². The molecule has 0 aromatic carbocycles. The summed E-state index contributed by atoms with van der Waals surface area (Å²) in [6.45, 7) is 0. The van der Waals surface area contributed by atoms with Crippen molar-refractivity contribution in [2.75, 3.05) is 0 Å². The van der Waals surface area contributed by atoms with E-state index in [0.717, 1.165) is 0 Å². The molecule has 0 fully saturated rings. The molecule has 6 heavy (non-hydrogen) atoms. The largest absolute Gasteiger partial charge is 6.00 e. The molecule has 0 aromatic rings. The Bertz CT molecular complexity index is 7.51. The van der Waals surface area contributed by atoms with Crippen molar-refractivity contribution in [3.05, 3.63) is 0 Å². The third-order valence-electron chi connectivity index (χ3n) is 0. The summed E-state index contributed by atoms with van der Waals surface area (Å²) in [7, 11) is 0. The maximum absolute atomic E-state index is 0. The van der Waals surface area contributed by atoms with Gasteiger partial charge in [0.2, 0.25) is 0 Å². The van der Waals surface area contributed by atoms with Crippen LogP contribution in [0.3, 0.4) is 0 Å². The van der Waals surface area contributed by atoms with Crippen LogP contribution < -0.4 is 51.4 Å². The molecular weight excluding hydrogens is 204 g/mol. The van der Waals surface area contributed by atoms with Gasteiger partial charge in [0, 0.05) is 0 Å². The van der Waals surface area contributed by atoms with E-state index in [1.165, 1.54) is 0 Å². The van der Waals surface area contributed by atoms with Gasteiger partial charge in [-0.15, -0.1) is 0 Å². The summed E-state index contributed by atoms with van der Waals surface area (Å²) in [6, 6.07) is 0. The van der Waals surface area contributed by atoms with E-state index >= 15 is 0 Å². The minimum Gasteiger partial charge on any atom is -2.00 e. The van der Waals surface area contributed by atoms with Crippen molar-refractivity contribution in [1.82, 2.24) is 0 Å². The monoisotopic (exact) mass is 205 g/mol. The molecule has 0 amide bonds. The second kappa shape index (κ2) is 59.9. The average Bonchev–Trinajstić information content (AvgIpc) is 0. The zero-order valence-electron chi connectivity index (χ0n) is 2.99. The molecule has 0 saturated carbocycles. The van der Waals surface area contributed by atoms with Crippen LogP contribution in [0.1, 0.15) is 0 Å². The molecule has 34 valence electrons. The van der Waals surface area contributed by atoms with Crippen LogP contribution in [0.25, 0.3) is 0 Å². The average molecular weight is 204 g/mol. The zero-order chi connectivity index (χ0) is 0. The minimum atomic E-state index is 0. The minimum absolute atomic E-state index is 0. The Labute approximate surface area is 91.1 Å². The molecule has 0 aliphatic rings. The third kappa shape index (κ3) is 36.0. The first-order valence-corrected chi connectivity index (χ1v) is 0. The summed E-state index contributed by atoms with van der Waals surface area (Å²) in [5.74, 6) is 0. The summed E-state index contributed by atoms with van der Waals surface area (Å²) >= 11 is 0. The van der Waals surface area contributed by atoms with E-state index in [1.54, 1.807) is 0 Å². The smallest absolute Gasteiger partial charge is 2.00 e. The first kappa shape index (κ1) is 92.6. The molecule has 0 rings (SSSR count). The van der Waals surface area contributed by atoms with E-state index in [1.807, 2.05) is 0 Å². The molecule has 0 N–H and O–H groups in total. The van der Waals surface area contributed by atoms with Crippen molar-refractivity contribution in [1.29, 1.82) is 0 Å². The third-order valence-corrected chi connectivity index (χ3v) is 0. The van der Waals surface area contributed by atoms with E-state index in [9.17, 15) is 0 Å². The van der Waals surface area contributed by atoms with Crippen molar-refractivity contribution in [3.8, 4) is 0 Å². The van der Waals surface area contributed by atoms with Gasteiger partial charge in [0.1, 0.15) is 0 Å². The van der Waals surface area contributed by atoms with Crippen LogP contribution in [0.4, 0.5) is 0 Å². The van der Waals surface area contributed by atoms with E-state index in [0.29, 0.717) is 0 Å². The summed E-state index contributed by atoms with van der Waals surface area (Å²) in [5.41, 5.74) is 0. The van der Waals surface area contributed by atoms with Crippen LogP contribution in [0, 0.1) is 0 Å². The predicted octanol–water partition coefficient (Wildman–Crippen LogP) is -3.47. The Morgan fingerprint density at radius 3 is 0.500 bits per heavy atom. The fourth-order valence-corrected chi connectivity index (χ4v) is 0. The molecule has 4 nitrogen and oxygen atoms in total. The number of rotatable bonds is 0. The van der Waals surface area contributed by atoms with Gasteiger partial charge in [-0.3, -0.25) is 0 Å². The van der Waals surface area contributed by atoms with Crippen LogP contribution in [0.15, 0.2) is 0 Å². The number of hydrogen-bond acceptors (Lipinski definition) is 0. The Hall–Kier alpha value is 2.10. The standard InChI is InChI=1S/K.4O.Ru/q+1;4*-2;+6. The van der Waals surface area contributed by atoms with E-state index in [-0.39, 0.29) is 92.8 Å². The van der Waals surface area contributed by atoms with Crippen molar-refractivity contribution < 1.29 is 92.8 Å². The van der Waals surface area contributed by atoms with E-state index < -0.39 is 0 Å². The first-order valence-electron chi connectivity index (χ1n) is 0. The second-order valence-corrected chi connectivity index (χ2v) is 0. The Balaban J connectivity index is 0. The van der Waals surface area contributed by atoms with Crippen LogP contribution in [-0.2, 0) is 41.4 Å². The van der Waals surface area contributed by atoms with Crippen LogP contribution >= 0.6 is 0 Å². The topological polar surface area (TPSA) is 114 Å². The van der Waals surface area contributed by atoms with Gasteiger partial charge in [-0.25, -0.2) is 0 Å². The van der Waals surface area contributed by atoms with Gasteiger partial charge in [-0.05, 0) is 0 Å². The van der Waals surface area contributed by atoms with Gasteiger partial charge in [0.05, 0.1) is 0 Å². The second-order valence-electron chi connectivity index (χ2n) is 0. The van der Waals surface area contributed by atoms with E-state index in [4.69, 9.17) is 0 Å². The summed E-state index contributed by atoms with van der Waals surface area (Å²) in [6.07, 6.45) is 0. The maximum atomic E-state index is 0. The van der Waals surface area contributed by atoms with Gasteiger partial charge in [0.25, 0.3) is 0 Å². The quantitative estimate of drug-likeness (QED) is 0.365. The normalized spacial score (nSPS) is 0.